The molecule has 1 aliphatic rings. The molecule has 0 spiro atoms. The summed E-state index contributed by atoms with van der Waals surface area (Å²) in [6.45, 7) is 0. The molecule has 0 saturated heterocycles. The van der Waals surface area contributed by atoms with Crippen molar-refractivity contribution in [2.24, 2.45) is 0 Å². The van der Waals surface area contributed by atoms with Crippen molar-refractivity contribution in [3.63, 3.8) is 0 Å². The van der Waals surface area contributed by atoms with E-state index in [0.717, 1.165) is 17.6 Å². The Labute approximate surface area is 95.6 Å². The number of hydrogen-bond acceptors (Lipinski definition) is 3. The van der Waals surface area contributed by atoms with Crippen LogP contribution in [0.2, 0.25) is 0 Å². The van der Waals surface area contributed by atoms with Crippen LogP contribution in [0.15, 0.2) is 36.4 Å². The largest absolute Gasteiger partial charge is 0.355 e. The summed E-state index contributed by atoms with van der Waals surface area (Å²) in [4.78, 5) is 0. The van der Waals surface area contributed by atoms with E-state index in [1.54, 1.807) is 14.2 Å². The molecule has 1 heterocycles. The van der Waals surface area contributed by atoms with Crippen LogP contribution in [0.25, 0.3) is 5.57 Å². The fourth-order valence-corrected chi connectivity index (χ4v) is 1.80. The summed E-state index contributed by atoms with van der Waals surface area (Å²) in [5.74, 6) is 0. The van der Waals surface area contributed by atoms with Gasteiger partial charge >= 0.3 is 0 Å². The monoisotopic (exact) mass is 220 g/mol. The minimum atomic E-state index is -0.346. The summed E-state index contributed by atoms with van der Waals surface area (Å²) < 4.78 is 16.1. The van der Waals surface area contributed by atoms with E-state index in [4.69, 9.17) is 14.2 Å². The van der Waals surface area contributed by atoms with E-state index < -0.39 is 0 Å². The van der Waals surface area contributed by atoms with Gasteiger partial charge in [0.05, 0.1) is 0 Å². The van der Waals surface area contributed by atoms with Crippen molar-refractivity contribution in [1.82, 2.24) is 0 Å². The molecule has 0 radical (unpaired) electrons. The molecule has 0 fully saturated rings. The lowest BCUT2D eigenvalue weighted by Gasteiger charge is -2.28. The average Bonchev–Trinajstić information content (AvgIpc) is 2.39. The third-order valence-corrected chi connectivity index (χ3v) is 2.64. The Morgan fingerprint density at radius 3 is 2.50 bits per heavy atom. The SMILES string of the molecule is CO[C@@H]1CC=C(c2ccccc2)[C@H](OC)O1. The van der Waals surface area contributed by atoms with Crippen LogP contribution < -0.4 is 0 Å². The molecule has 0 amide bonds. The smallest absolute Gasteiger partial charge is 0.186 e. The molecule has 0 unspecified atom stereocenters. The second kappa shape index (κ2) is 5.25. The van der Waals surface area contributed by atoms with Gasteiger partial charge in [0.15, 0.2) is 12.6 Å². The van der Waals surface area contributed by atoms with Crippen molar-refractivity contribution in [3.05, 3.63) is 42.0 Å². The van der Waals surface area contributed by atoms with Gasteiger partial charge in [-0.3, -0.25) is 0 Å². The van der Waals surface area contributed by atoms with E-state index >= 15 is 0 Å². The van der Waals surface area contributed by atoms with Gasteiger partial charge in [0, 0.05) is 26.2 Å². The molecule has 0 bridgehead atoms. The summed E-state index contributed by atoms with van der Waals surface area (Å²) in [6, 6.07) is 10.1. The van der Waals surface area contributed by atoms with Crippen molar-refractivity contribution < 1.29 is 14.2 Å². The Morgan fingerprint density at radius 2 is 1.88 bits per heavy atom. The number of benzene rings is 1. The predicted molar refractivity (Wildman–Crippen MR) is 61.7 cm³/mol. The van der Waals surface area contributed by atoms with Gasteiger partial charge in [-0.15, -0.1) is 0 Å². The van der Waals surface area contributed by atoms with Crippen LogP contribution in [0.5, 0.6) is 0 Å². The first kappa shape index (κ1) is 11.3. The molecule has 1 aromatic carbocycles. The summed E-state index contributed by atoms with van der Waals surface area (Å²) >= 11 is 0. The maximum absolute atomic E-state index is 5.64. The average molecular weight is 220 g/mol. The fraction of sp³-hybridized carbons (Fsp3) is 0.385. The first-order valence-electron chi connectivity index (χ1n) is 5.31. The molecule has 2 atom stereocenters. The third-order valence-electron chi connectivity index (χ3n) is 2.64. The molecular formula is C13H16O3. The minimum Gasteiger partial charge on any atom is -0.355 e. The van der Waals surface area contributed by atoms with Gasteiger partial charge in [0.25, 0.3) is 0 Å². The Bertz CT molecular complexity index is 359. The van der Waals surface area contributed by atoms with Crippen molar-refractivity contribution in [2.45, 2.75) is 19.0 Å². The van der Waals surface area contributed by atoms with Gasteiger partial charge in [-0.25, -0.2) is 0 Å². The van der Waals surface area contributed by atoms with E-state index in [0.29, 0.717) is 0 Å². The Hall–Kier alpha value is -1.16. The van der Waals surface area contributed by atoms with Crippen molar-refractivity contribution in [2.75, 3.05) is 14.2 Å². The van der Waals surface area contributed by atoms with E-state index in [-0.39, 0.29) is 12.6 Å². The summed E-state index contributed by atoms with van der Waals surface area (Å²) in [7, 11) is 3.28. The van der Waals surface area contributed by atoms with E-state index in [1.165, 1.54) is 0 Å². The lowest BCUT2D eigenvalue weighted by atomic mass is 10.0. The van der Waals surface area contributed by atoms with E-state index in [9.17, 15) is 0 Å². The van der Waals surface area contributed by atoms with Gasteiger partial charge in [0.1, 0.15) is 0 Å². The molecule has 1 aromatic rings. The van der Waals surface area contributed by atoms with Crippen LogP contribution >= 0.6 is 0 Å². The normalized spacial score (nSPS) is 25.2. The molecule has 0 aromatic heterocycles. The van der Waals surface area contributed by atoms with Crippen LogP contribution in [-0.4, -0.2) is 26.8 Å². The zero-order valence-corrected chi connectivity index (χ0v) is 9.55. The molecule has 0 N–H and O–H groups in total. The van der Waals surface area contributed by atoms with Gasteiger partial charge < -0.3 is 14.2 Å². The highest BCUT2D eigenvalue weighted by molar-refractivity contribution is 5.68. The highest BCUT2D eigenvalue weighted by Crippen LogP contribution is 2.28. The lowest BCUT2D eigenvalue weighted by Crippen LogP contribution is -2.29. The van der Waals surface area contributed by atoms with Crippen molar-refractivity contribution >= 4 is 5.57 Å². The highest BCUT2D eigenvalue weighted by atomic mass is 16.8. The minimum absolute atomic E-state index is 0.211. The first-order chi connectivity index (χ1) is 7.85. The van der Waals surface area contributed by atoms with E-state index in [2.05, 4.69) is 6.08 Å². The molecule has 3 nitrogen and oxygen atoms in total. The second-order valence-electron chi connectivity index (χ2n) is 3.63. The third kappa shape index (κ3) is 2.32. The number of hydrogen-bond donors (Lipinski definition) is 0. The quantitative estimate of drug-likeness (QED) is 0.783. The number of ether oxygens (including phenoxy) is 3. The van der Waals surface area contributed by atoms with Gasteiger partial charge in [-0.05, 0) is 5.56 Å². The predicted octanol–water partition coefficient (Wildman–Crippen LogP) is 2.44. The first-order valence-corrected chi connectivity index (χ1v) is 5.31. The maximum atomic E-state index is 5.64. The van der Waals surface area contributed by atoms with Gasteiger partial charge in [-0.1, -0.05) is 36.4 Å². The van der Waals surface area contributed by atoms with Gasteiger partial charge in [-0.2, -0.15) is 0 Å². The second-order valence-corrected chi connectivity index (χ2v) is 3.63. The molecule has 2 rings (SSSR count). The molecule has 3 heteroatoms. The van der Waals surface area contributed by atoms with Crippen LogP contribution in [0, 0.1) is 0 Å². The topological polar surface area (TPSA) is 27.7 Å². The summed E-state index contributed by atoms with van der Waals surface area (Å²) in [5, 5.41) is 0. The van der Waals surface area contributed by atoms with Gasteiger partial charge in [0.2, 0.25) is 0 Å². The zero-order chi connectivity index (χ0) is 11.4. The molecule has 0 aliphatic carbocycles. The summed E-state index contributed by atoms with van der Waals surface area (Å²) in [5.41, 5.74) is 2.19. The fourth-order valence-electron chi connectivity index (χ4n) is 1.80. The highest BCUT2D eigenvalue weighted by Gasteiger charge is 2.25. The molecule has 0 saturated carbocycles. The Kier molecular flexibility index (Phi) is 3.72. The Morgan fingerprint density at radius 1 is 1.12 bits per heavy atom. The number of rotatable bonds is 3. The Balaban J connectivity index is 2.23. The van der Waals surface area contributed by atoms with Crippen LogP contribution in [0.4, 0.5) is 0 Å². The van der Waals surface area contributed by atoms with Crippen molar-refractivity contribution in [3.8, 4) is 0 Å². The maximum Gasteiger partial charge on any atom is 0.186 e. The molecule has 86 valence electrons. The molecule has 16 heavy (non-hydrogen) atoms. The standard InChI is InChI=1S/C13H16O3/c1-14-12-9-8-11(13(15-2)16-12)10-6-4-3-5-7-10/h3-8,12-13H,9H2,1-2H3/t12-,13+/m0/s1. The lowest BCUT2D eigenvalue weighted by molar-refractivity contribution is -0.209. The summed E-state index contributed by atoms with van der Waals surface area (Å²) in [6.07, 6.45) is 2.31. The number of methoxy groups -OCH3 is 2. The van der Waals surface area contributed by atoms with Crippen molar-refractivity contribution in [1.29, 1.82) is 0 Å². The van der Waals surface area contributed by atoms with Crippen LogP contribution in [0.1, 0.15) is 12.0 Å². The molecule has 1 aliphatic heterocycles. The van der Waals surface area contributed by atoms with Crippen LogP contribution in [-0.2, 0) is 14.2 Å². The molecular weight excluding hydrogens is 204 g/mol. The van der Waals surface area contributed by atoms with E-state index in [1.807, 2.05) is 30.3 Å². The van der Waals surface area contributed by atoms with Crippen LogP contribution in [0.3, 0.4) is 0 Å². The zero-order valence-electron chi connectivity index (χ0n) is 9.55.